The SMILES string of the molecule is NC(=NO)c1cc2c(nc1Sc1ncccn1)CCC2. The van der Waals surface area contributed by atoms with E-state index < -0.39 is 0 Å². The maximum atomic E-state index is 8.92. The van der Waals surface area contributed by atoms with Gasteiger partial charge in [-0.1, -0.05) is 5.16 Å². The molecule has 3 N–H and O–H groups in total. The van der Waals surface area contributed by atoms with Crippen molar-refractivity contribution in [3.8, 4) is 0 Å². The fraction of sp³-hybridized carbons (Fsp3) is 0.231. The van der Waals surface area contributed by atoms with Crippen molar-refractivity contribution in [2.45, 2.75) is 29.4 Å². The van der Waals surface area contributed by atoms with Crippen molar-refractivity contribution in [3.63, 3.8) is 0 Å². The third-order valence-electron chi connectivity index (χ3n) is 3.13. The van der Waals surface area contributed by atoms with E-state index in [0.717, 1.165) is 25.0 Å². The molecule has 2 aromatic heterocycles. The lowest BCUT2D eigenvalue weighted by atomic mass is 10.1. The molecular weight excluding hydrogens is 274 g/mol. The van der Waals surface area contributed by atoms with Gasteiger partial charge >= 0.3 is 0 Å². The van der Waals surface area contributed by atoms with E-state index in [-0.39, 0.29) is 5.84 Å². The Kier molecular flexibility index (Phi) is 3.51. The second kappa shape index (κ2) is 5.46. The van der Waals surface area contributed by atoms with Crippen LogP contribution >= 0.6 is 11.8 Å². The van der Waals surface area contributed by atoms with Crippen LogP contribution in [0.2, 0.25) is 0 Å². The fourth-order valence-corrected chi connectivity index (χ4v) is 3.02. The zero-order chi connectivity index (χ0) is 13.9. The number of aryl methyl sites for hydroxylation is 2. The molecule has 0 aromatic carbocycles. The maximum absolute atomic E-state index is 8.92. The first kappa shape index (κ1) is 12.9. The molecule has 0 unspecified atom stereocenters. The molecule has 0 fully saturated rings. The Morgan fingerprint density at radius 3 is 2.85 bits per heavy atom. The Hall–Kier alpha value is -2.15. The molecule has 102 valence electrons. The number of hydrogen-bond donors (Lipinski definition) is 2. The average Bonchev–Trinajstić information content (AvgIpc) is 2.94. The third-order valence-corrected chi connectivity index (χ3v) is 4.03. The van der Waals surface area contributed by atoms with Crippen LogP contribution in [0.25, 0.3) is 0 Å². The van der Waals surface area contributed by atoms with Crippen LogP contribution in [0.5, 0.6) is 0 Å². The highest BCUT2D eigenvalue weighted by molar-refractivity contribution is 7.99. The Bertz CT molecular complexity index is 659. The van der Waals surface area contributed by atoms with E-state index in [1.54, 1.807) is 18.5 Å². The van der Waals surface area contributed by atoms with E-state index in [0.29, 0.717) is 15.7 Å². The summed E-state index contributed by atoms with van der Waals surface area (Å²) in [7, 11) is 0. The van der Waals surface area contributed by atoms with Gasteiger partial charge in [0.1, 0.15) is 5.03 Å². The summed E-state index contributed by atoms with van der Waals surface area (Å²) in [6.45, 7) is 0. The summed E-state index contributed by atoms with van der Waals surface area (Å²) in [5, 5.41) is 13.3. The third kappa shape index (κ3) is 2.44. The van der Waals surface area contributed by atoms with Gasteiger partial charge in [0, 0.05) is 18.1 Å². The Balaban J connectivity index is 2.04. The molecule has 0 atom stereocenters. The molecule has 2 heterocycles. The van der Waals surface area contributed by atoms with Crippen molar-refractivity contribution < 1.29 is 5.21 Å². The topological polar surface area (TPSA) is 97.3 Å². The monoisotopic (exact) mass is 287 g/mol. The molecule has 1 aliphatic carbocycles. The quantitative estimate of drug-likeness (QED) is 0.292. The van der Waals surface area contributed by atoms with Gasteiger partial charge in [0.15, 0.2) is 11.0 Å². The van der Waals surface area contributed by atoms with Gasteiger partial charge in [0.05, 0.1) is 5.56 Å². The standard InChI is InChI=1S/C13H13N5OS/c14-11(18-19)9-7-8-3-1-4-10(8)17-12(9)20-13-15-5-2-6-16-13/h2,5-7,19H,1,3-4H2,(H2,14,18). The summed E-state index contributed by atoms with van der Waals surface area (Å²) >= 11 is 1.32. The number of nitrogens with two attached hydrogens (primary N) is 1. The van der Waals surface area contributed by atoms with E-state index in [4.69, 9.17) is 10.9 Å². The van der Waals surface area contributed by atoms with Crippen molar-refractivity contribution in [2.75, 3.05) is 0 Å². The average molecular weight is 287 g/mol. The van der Waals surface area contributed by atoms with Crippen molar-refractivity contribution in [2.24, 2.45) is 10.9 Å². The summed E-state index contributed by atoms with van der Waals surface area (Å²) in [5.41, 5.74) is 8.63. The van der Waals surface area contributed by atoms with E-state index in [9.17, 15) is 0 Å². The molecule has 0 radical (unpaired) electrons. The highest BCUT2D eigenvalue weighted by Gasteiger charge is 2.19. The minimum atomic E-state index is 0.0608. The van der Waals surface area contributed by atoms with Gasteiger partial charge < -0.3 is 10.9 Å². The van der Waals surface area contributed by atoms with Crippen molar-refractivity contribution in [1.82, 2.24) is 15.0 Å². The summed E-state index contributed by atoms with van der Waals surface area (Å²) < 4.78 is 0. The molecule has 2 aromatic rings. The van der Waals surface area contributed by atoms with E-state index in [1.165, 1.54) is 17.3 Å². The van der Waals surface area contributed by atoms with Crippen LogP contribution < -0.4 is 5.73 Å². The lowest BCUT2D eigenvalue weighted by Gasteiger charge is -2.09. The first-order valence-electron chi connectivity index (χ1n) is 6.23. The van der Waals surface area contributed by atoms with E-state index in [2.05, 4.69) is 20.1 Å². The first-order valence-corrected chi connectivity index (χ1v) is 7.05. The van der Waals surface area contributed by atoms with Crippen LogP contribution in [0.1, 0.15) is 23.2 Å². The zero-order valence-corrected chi connectivity index (χ0v) is 11.5. The Morgan fingerprint density at radius 1 is 1.30 bits per heavy atom. The molecule has 7 heteroatoms. The summed E-state index contributed by atoms with van der Waals surface area (Å²) in [4.78, 5) is 13.0. The summed E-state index contributed by atoms with van der Waals surface area (Å²) in [6, 6.07) is 3.71. The predicted octanol–water partition coefficient (Wildman–Crippen LogP) is 1.61. The van der Waals surface area contributed by atoms with Crippen LogP contribution in [0.3, 0.4) is 0 Å². The second-order valence-corrected chi connectivity index (χ2v) is 5.38. The van der Waals surface area contributed by atoms with Crippen LogP contribution in [0.15, 0.2) is 39.9 Å². The van der Waals surface area contributed by atoms with Crippen LogP contribution in [-0.2, 0) is 12.8 Å². The highest BCUT2D eigenvalue weighted by atomic mass is 32.2. The van der Waals surface area contributed by atoms with Crippen molar-refractivity contribution in [3.05, 3.63) is 41.3 Å². The molecule has 20 heavy (non-hydrogen) atoms. The number of amidine groups is 1. The highest BCUT2D eigenvalue weighted by Crippen LogP contribution is 2.30. The predicted molar refractivity (Wildman–Crippen MR) is 74.9 cm³/mol. The molecule has 0 bridgehead atoms. The molecule has 0 saturated heterocycles. The van der Waals surface area contributed by atoms with E-state index in [1.807, 2.05) is 6.07 Å². The number of oxime groups is 1. The fourth-order valence-electron chi connectivity index (χ4n) is 2.19. The van der Waals surface area contributed by atoms with E-state index >= 15 is 0 Å². The molecule has 0 spiro atoms. The first-order chi connectivity index (χ1) is 9.78. The second-order valence-electron chi connectivity index (χ2n) is 4.42. The smallest absolute Gasteiger partial charge is 0.193 e. The number of aromatic nitrogens is 3. The molecule has 0 saturated carbocycles. The van der Waals surface area contributed by atoms with Gasteiger partial charge in [0.2, 0.25) is 0 Å². The Labute approximate surface area is 120 Å². The molecule has 0 aliphatic heterocycles. The van der Waals surface area contributed by atoms with Gasteiger partial charge in [-0.3, -0.25) is 0 Å². The molecular formula is C13H13N5OS. The van der Waals surface area contributed by atoms with Gasteiger partial charge in [-0.15, -0.1) is 0 Å². The van der Waals surface area contributed by atoms with Gasteiger partial charge in [-0.05, 0) is 48.7 Å². The maximum Gasteiger partial charge on any atom is 0.193 e. The zero-order valence-electron chi connectivity index (χ0n) is 10.7. The summed E-state index contributed by atoms with van der Waals surface area (Å²) in [6.07, 6.45) is 6.39. The normalized spacial score (nSPS) is 14.3. The number of nitrogens with zero attached hydrogens (tertiary/aromatic N) is 4. The minimum absolute atomic E-state index is 0.0608. The molecule has 3 rings (SSSR count). The summed E-state index contributed by atoms with van der Waals surface area (Å²) in [5.74, 6) is 0.0608. The van der Waals surface area contributed by atoms with Crippen LogP contribution in [0, 0.1) is 0 Å². The number of hydrogen-bond acceptors (Lipinski definition) is 6. The Morgan fingerprint density at radius 2 is 2.10 bits per heavy atom. The van der Waals surface area contributed by atoms with Gasteiger partial charge in [0.25, 0.3) is 0 Å². The van der Waals surface area contributed by atoms with Crippen molar-refractivity contribution in [1.29, 1.82) is 0 Å². The minimum Gasteiger partial charge on any atom is -0.409 e. The molecule has 6 nitrogen and oxygen atoms in total. The largest absolute Gasteiger partial charge is 0.409 e. The van der Waals surface area contributed by atoms with Crippen molar-refractivity contribution >= 4 is 17.6 Å². The number of pyridine rings is 1. The van der Waals surface area contributed by atoms with Gasteiger partial charge in [-0.25, -0.2) is 15.0 Å². The molecule has 1 aliphatic rings. The van der Waals surface area contributed by atoms with Gasteiger partial charge in [-0.2, -0.15) is 0 Å². The lowest BCUT2D eigenvalue weighted by Crippen LogP contribution is -2.16. The molecule has 0 amide bonds. The number of fused-ring (bicyclic) bond motifs is 1. The van der Waals surface area contributed by atoms with Crippen LogP contribution in [0.4, 0.5) is 0 Å². The number of rotatable bonds is 3. The lowest BCUT2D eigenvalue weighted by molar-refractivity contribution is 0.318. The van der Waals surface area contributed by atoms with Crippen LogP contribution in [-0.4, -0.2) is 26.0 Å².